The van der Waals surface area contributed by atoms with Crippen LogP contribution in [0.15, 0.2) is 48.5 Å². The van der Waals surface area contributed by atoms with Crippen LogP contribution >= 0.6 is 22.6 Å². The van der Waals surface area contributed by atoms with Crippen molar-refractivity contribution in [2.75, 3.05) is 13.1 Å². The monoisotopic (exact) mass is 412 g/mol. The van der Waals surface area contributed by atoms with Crippen molar-refractivity contribution in [3.8, 4) is 0 Å². The van der Waals surface area contributed by atoms with Gasteiger partial charge in [-0.25, -0.2) is 4.39 Å². The van der Waals surface area contributed by atoms with Gasteiger partial charge < -0.3 is 10.1 Å². The molecule has 114 valence electrons. The summed E-state index contributed by atoms with van der Waals surface area (Å²) in [7, 11) is 0. The first-order chi connectivity index (χ1) is 10.6. The second-order valence-electron chi connectivity index (χ2n) is 5.07. The molecule has 0 bridgehead atoms. The van der Waals surface area contributed by atoms with Crippen LogP contribution in [-0.4, -0.2) is 34.2 Å². The first-order valence-corrected chi connectivity index (χ1v) is 7.92. The SMILES string of the molecule is O=C(c1ccccc1F)N1CCN(O)C1c1cccc(I)c1. The number of rotatable bonds is 2. The Labute approximate surface area is 141 Å². The van der Waals surface area contributed by atoms with E-state index in [1.165, 1.54) is 17.0 Å². The Morgan fingerprint density at radius 2 is 1.95 bits per heavy atom. The number of hydroxylamine groups is 2. The van der Waals surface area contributed by atoms with Crippen LogP contribution in [0.5, 0.6) is 0 Å². The summed E-state index contributed by atoms with van der Waals surface area (Å²) in [5.74, 6) is -0.969. The fourth-order valence-electron chi connectivity index (χ4n) is 2.64. The molecule has 1 atom stereocenters. The maximum Gasteiger partial charge on any atom is 0.258 e. The maximum atomic E-state index is 13.9. The number of nitrogens with zero attached hydrogens (tertiary/aromatic N) is 2. The number of carbonyl (C=O) groups is 1. The van der Waals surface area contributed by atoms with Crippen molar-refractivity contribution >= 4 is 28.5 Å². The summed E-state index contributed by atoms with van der Waals surface area (Å²) in [5.41, 5.74) is 0.824. The number of benzene rings is 2. The molecule has 3 rings (SSSR count). The van der Waals surface area contributed by atoms with Gasteiger partial charge in [-0.3, -0.25) is 4.79 Å². The van der Waals surface area contributed by atoms with Crippen molar-refractivity contribution < 1.29 is 14.4 Å². The lowest BCUT2D eigenvalue weighted by Gasteiger charge is -2.27. The molecule has 1 fully saturated rings. The molecule has 1 unspecified atom stereocenters. The van der Waals surface area contributed by atoms with Gasteiger partial charge >= 0.3 is 0 Å². The van der Waals surface area contributed by atoms with Gasteiger partial charge in [0.1, 0.15) is 12.0 Å². The van der Waals surface area contributed by atoms with Crippen molar-refractivity contribution in [3.05, 3.63) is 69.0 Å². The molecule has 22 heavy (non-hydrogen) atoms. The number of hydrogen-bond donors (Lipinski definition) is 1. The molecule has 1 heterocycles. The fourth-order valence-corrected chi connectivity index (χ4v) is 3.20. The topological polar surface area (TPSA) is 43.8 Å². The van der Waals surface area contributed by atoms with Crippen LogP contribution in [-0.2, 0) is 0 Å². The van der Waals surface area contributed by atoms with E-state index in [0.717, 1.165) is 14.2 Å². The number of hydrogen-bond acceptors (Lipinski definition) is 3. The molecule has 2 aromatic rings. The number of carbonyl (C=O) groups excluding carboxylic acids is 1. The molecular formula is C16H14FIN2O2. The van der Waals surface area contributed by atoms with Gasteiger partial charge in [0.25, 0.3) is 5.91 Å². The predicted octanol–water partition coefficient (Wildman–Crippen LogP) is 3.28. The van der Waals surface area contributed by atoms with Gasteiger partial charge in [-0.05, 0) is 52.4 Å². The normalized spacial score (nSPS) is 18.7. The Balaban J connectivity index is 1.96. The quantitative estimate of drug-likeness (QED) is 0.771. The maximum absolute atomic E-state index is 13.9. The first-order valence-electron chi connectivity index (χ1n) is 6.84. The molecule has 0 aliphatic carbocycles. The van der Waals surface area contributed by atoms with Gasteiger partial charge in [0.05, 0.1) is 5.56 Å². The Bertz CT molecular complexity index is 710. The van der Waals surface area contributed by atoms with E-state index < -0.39 is 17.9 Å². The van der Waals surface area contributed by atoms with Crippen LogP contribution in [0.25, 0.3) is 0 Å². The van der Waals surface area contributed by atoms with E-state index in [-0.39, 0.29) is 5.56 Å². The van der Waals surface area contributed by atoms with Crippen LogP contribution in [0.1, 0.15) is 22.1 Å². The van der Waals surface area contributed by atoms with Crippen molar-refractivity contribution in [2.45, 2.75) is 6.17 Å². The van der Waals surface area contributed by atoms with Gasteiger partial charge in [-0.1, -0.05) is 24.3 Å². The van der Waals surface area contributed by atoms with Crippen LogP contribution < -0.4 is 0 Å². The summed E-state index contributed by atoms with van der Waals surface area (Å²) in [6, 6.07) is 13.5. The van der Waals surface area contributed by atoms with E-state index in [9.17, 15) is 14.4 Å². The lowest BCUT2D eigenvalue weighted by atomic mass is 10.1. The van der Waals surface area contributed by atoms with Gasteiger partial charge in [-0.2, -0.15) is 5.06 Å². The zero-order chi connectivity index (χ0) is 15.7. The van der Waals surface area contributed by atoms with Crippen LogP contribution in [0.3, 0.4) is 0 Å². The standard InChI is InChI=1S/C16H14FIN2O2/c17-14-7-2-1-6-13(14)16(21)19-8-9-20(22)15(19)11-4-3-5-12(18)10-11/h1-7,10,15,22H,8-9H2. The van der Waals surface area contributed by atoms with Gasteiger partial charge in [0, 0.05) is 16.7 Å². The Morgan fingerprint density at radius 3 is 2.68 bits per heavy atom. The van der Waals surface area contributed by atoms with Gasteiger partial charge in [-0.15, -0.1) is 0 Å². The van der Waals surface area contributed by atoms with Crippen molar-refractivity contribution in [3.63, 3.8) is 0 Å². The van der Waals surface area contributed by atoms with Crippen molar-refractivity contribution in [1.29, 1.82) is 0 Å². The first kappa shape index (κ1) is 15.4. The zero-order valence-electron chi connectivity index (χ0n) is 11.6. The van der Waals surface area contributed by atoms with E-state index in [1.54, 1.807) is 12.1 Å². The molecule has 2 aromatic carbocycles. The van der Waals surface area contributed by atoms with Crippen molar-refractivity contribution in [1.82, 2.24) is 9.96 Å². The van der Waals surface area contributed by atoms with E-state index in [0.29, 0.717) is 13.1 Å². The minimum Gasteiger partial charge on any atom is -0.315 e. The molecule has 4 nitrogen and oxygen atoms in total. The highest BCUT2D eigenvalue weighted by Crippen LogP contribution is 2.31. The molecule has 0 saturated carbocycles. The number of amides is 1. The number of halogens is 2. The van der Waals surface area contributed by atoms with E-state index in [4.69, 9.17) is 0 Å². The van der Waals surface area contributed by atoms with Crippen LogP contribution in [0, 0.1) is 9.39 Å². The highest BCUT2D eigenvalue weighted by molar-refractivity contribution is 14.1. The minimum atomic E-state index is -0.596. The summed E-state index contributed by atoms with van der Waals surface area (Å²) in [6.45, 7) is 0.677. The average molecular weight is 412 g/mol. The van der Waals surface area contributed by atoms with E-state index in [1.807, 2.05) is 24.3 Å². The highest BCUT2D eigenvalue weighted by atomic mass is 127. The van der Waals surface area contributed by atoms with Gasteiger partial charge in [0.15, 0.2) is 0 Å². The molecular weight excluding hydrogens is 398 g/mol. The van der Waals surface area contributed by atoms with Crippen LogP contribution in [0.4, 0.5) is 4.39 Å². The van der Waals surface area contributed by atoms with Crippen LogP contribution in [0.2, 0.25) is 0 Å². The molecule has 1 amide bonds. The summed E-state index contributed by atoms with van der Waals surface area (Å²) >= 11 is 2.18. The lowest BCUT2D eigenvalue weighted by molar-refractivity contribution is -0.122. The Hall–Kier alpha value is -1.51. The van der Waals surface area contributed by atoms with Gasteiger partial charge in [0.2, 0.25) is 0 Å². The Kier molecular flexibility index (Phi) is 4.42. The van der Waals surface area contributed by atoms with E-state index >= 15 is 0 Å². The molecule has 1 aliphatic heterocycles. The zero-order valence-corrected chi connectivity index (χ0v) is 13.8. The second kappa shape index (κ2) is 6.31. The third-order valence-electron chi connectivity index (χ3n) is 3.66. The predicted molar refractivity (Wildman–Crippen MR) is 87.8 cm³/mol. The summed E-state index contributed by atoms with van der Waals surface area (Å²) in [6.07, 6.45) is -0.596. The summed E-state index contributed by atoms with van der Waals surface area (Å²) in [5, 5.41) is 11.2. The molecule has 0 radical (unpaired) electrons. The lowest BCUT2D eigenvalue weighted by Crippen LogP contribution is -2.34. The van der Waals surface area contributed by atoms with E-state index in [2.05, 4.69) is 22.6 Å². The van der Waals surface area contributed by atoms with Crippen molar-refractivity contribution in [2.24, 2.45) is 0 Å². The third-order valence-corrected chi connectivity index (χ3v) is 4.33. The minimum absolute atomic E-state index is 0.0217. The molecule has 0 spiro atoms. The Morgan fingerprint density at radius 1 is 1.18 bits per heavy atom. The molecule has 6 heteroatoms. The largest absolute Gasteiger partial charge is 0.315 e. The summed E-state index contributed by atoms with van der Waals surface area (Å²) < 4.78 is 14.9. The molecule has 0 aromatic heterocycles. The average Bonchev–Trinajstić information content (AvgIpc) is 2.89. The third kappa shape index (κ3) is 2.86. The molecule has 1 N–H and O–H groups in total. The smallest absolute Gasteiger partial charge is 0.258 e. The molecule has 1 saturated heterocycles. The second-order valence-corrected chi connectivity index (χ2v) is 6.32. The fraction of sp³-hybridized carbons (Fsp3) is 0.188. The highest BCUT2D eigenvalue weighted by Gasteiger charge is 2.36. The molecule has 1 aliphatic rings. The summed E-state index contributed by atoms with van der Waals surface area (Å²) in [4.78, 5) is 14.1.